The number of hydrogen-bond acceptors (Lipinski definition) is 6. The number of likely N-dealkylation sites (tertiary alicyclic amines) is 1. The second-order valence-electron chi connectivity index (χ2n) is 6.65. The summed E-state index contributed by atoms with van der Waals surface area (Å²) < 4.78 is 5.29. The number of benzene rings is 1. The molecule has 0 unspecified atom stereocenters. The predicted molar refractivity (Wildman–Crippen MR) is 97.7 cm³/mol. The summed E-state index contributed by atoms with van der Waals surface area (Å²) >= 11 is 0. The van der Waals surface area contributed by atoms with Crippen LogP contribution in [0.4, 0.5) is 5.82 Å². The van der Waals surface area contributed by atoms with Gasteiger partial charge in [-0.1, -0.05) is 17.3 Å². The Morgan fingerprint density at radius 3 is 2.88 bits per heavy atom. The van der Waals surface area contributed by atoms with Crippen LogP contribution in [0.1, 0.15) is 24.2 Å². The van der Waals surface area contributed by atoms with Gasteiger partial charge in [-0.15, -0.1) is 0 Å². The zero-order valence-corrected chi connectivity index (χ0v) is 14.7. The normalized spacial score (nSPS) is 15.3. The van der Waals surface area contributed by atoms with E-state index in [1.807, 2.05) is 42.2 Å². The van der Waals surface area contributed by atoms with Crippen molar-refractivity contribution < 1.29 is 9.32 Å². The summed E-state index contributed by atoms with van der Waals surface area (Å²) in [6, 6.07) is 9.89. The fourth-order valence-electron chi connectivity index (χ4n) is 3.34. The molecular formula is C19H21N5O2. The monoisotopic (exact) mass is 351 g/mol. The lowest BCUT2D eigenvalue weighted by molar-refractivity contribution is -0.131. The molecule has 3 aromatic rings. The van der Waals surface area contributed by atoms with Crippen LogP contribution < -0.4 is 5.32 Å². The van der Waals surface area contributed by atoms with Crippen LogP contribution in [-0.4, -0.2) is 45.1 Å². The van der Waals surface area contributed by atoms with Crippen LogP contribution >= 0.6 is 0 Å². The van der Waals surface area contributed by atoms with Gasteiger partial charge in [-0.2, -0.15) is 0 Å². The molecule has 1 aliphatic heterocycles. The Bertz CT molecular complexity index is 915. The highest BCUT2D eigenvalue weighted by atomic mass is 16.5. The number of aromatic nitrogens is 3. The third-order valence-electron chi connectivity index (χ3n) is 4.77. The first-order chi connectivity index (χ1) is 12.7. The van der Waals surface area contributed by atoms with Crippen LogP contribution in [0.3, 0.4) is 0 Å². The van der Waals surface area contributed by atoms with Crippen molar-refractivity contribution >= 4 is 22.7 Å². The average molecular weight is 351 g/mol. The van der Waals surface area contributed by atoms with Crippen molar-refractivity contribution in [1.82, 2.24) is 20.0 Å². The lowest BCUT2D eigenvalue weighted by Gasteiger charge is -2.32. The molecule has 0 aliphatic carbocycles. The molecule has 1 amide bonds. The van der Waals surface area contributed by atoms with Gasteiger partial charge in [-0.25, -0.2) is 9.97 Å². The van der Waals surface area contributed by atoms with E-state index in [9.17, 15) is 4.79 Å². The summed E-state index contributed by atoms with van der Waals surface area (Å²) in [6.07, 6.45) is 3.64. The molecule has 4 rings (SSSR count). The van der Waals surface area contributed by atoms with Crippen molar-refractivity contribution in [2.45, 2.75) is 32.2 Å². The number of carbonyl (C=O) groups is 1. The van der Waals surface area contributed by atoms with Crippen molar-refractivity contribution in [3.05, 3.63) is 48.0 Å². The molecule has 1 saturated heterocycles. The minimum atomic E-state index is 0.0976. The van der Waals surface area contributed by atoms with E-state index < -0.39 is 0 Å². The number of piperidine rings is 1. The molecule has 1 aromatic carbocycles. The second kappa shape index (κ2) is 7.11. The molecule has 1 aliphatic rings. The van der Waals surface area contributed by atoms with Gasteiger partial charge in [0.1, 0.15) is 17.8 Å². The van der Waals surface area contributed by atoms with Gasteiger partial charge in [0.25, 0.3) is 0 Å². The number of nitrogens with zero attached hydrogens (tertiary/aromatic N) is 4. The van der Waals surface area contributed by atoms with Crippen LogP contribution in [0.15, 0.2) is 41.2 Å². The van der Waals surface area contributed by atoms with Crippen LogP contribution in [-0.2, 0) is 11.2 Å². The third kappa shape index (κ3) is 3.51. The van der Waals surface area contributed by atoms with E-state index in [2.05, 4.69) is 20.4 Å². The first-order valence-corrected chi connectivity index (χ1v) is 8.85. The summed E-state index contributed by atoms with van der Waals surface area (Å²) in [4.78, 5) is 22.9. The number of rotatable bonds is 4. The third-order valence-corrected chi connectivity index (χ3v) is 4.77. The minimum Gasteiger partial charge on any atom is -0.367 e. The zero-order chi connectivity index (χ0) is 17.9. The van der Waals surface area contributed by atoms with Crippen molar-refractivity contribution in [3.63, 3.8) is 0 Å². The molecule has 7 nitrogen and oxygen atoms in total. The van der Waals surface area contributed by atoms with Gasteiger partial charge in [-0.05, 0) is 31.9 Å². The zero-order valence-electron chi connectivity index (χ0n) is 14.7. The maximum Gasteiger partial charge on any atom is 0.228 e. The van der Waals surface area contributed by atoms with E-state index in [1.54, 1.807) is 6.33 Å². The Morgan fingerprint density at radius 2 is 2.08 bits per heavy atom. The summed E-state index contributed by atoms with van der Waals surface area (Å²) in [6.45, 7) is 3.41. The summed E-state index contributed by atoms with van der Waals surface area (Å²) in [5.74, 6) is 0.941. The Hall–Kier alpha value is -2.96. The highest BCUT2D eigenvalue weighted by Gasteiger charge is 2.24. The van der Waals surface area contributed by atoms with Gasteiger partial charge in [0.2, 0.25) is 5.91 Å². The predicted octanol–water partition coefficient (Wildman–Crippen LogP) is 2.57. The molecule has 0 saturated carbocycles. The van der Waals surface area contributed by atoms with Gasteiger partial charge < -0.3 is 14.7 Å². The van der Waals surface area contributed by atoms with Crippen LogP contribution in [0.2, 0.25) is 0 Å². The lowest BCUT2D eigenvalue weighted by atomic mass is 10.0. The van der Waals surface area contributed by atoms with Gasteiger partial charge >= 0.3 is 0 Å². The smallest absolute Gasteiger partial charge is 0.228 e. The molecule has 1 fully saturated rings. The van der Waals surface area contributed by atoms with Crippen molar-refractivity contribution in [3.8, 4) is 0 Å². The Kier molecular flexibility index (Phi) is 4.51. The molecular weight excluding hydrogens is 330 g/mol. The number of para-hydroxylation sites is 1. The van der Waals surface area contributed by atoms with E-state index in [1.165, 1.54) is 0 Å². The fourth-order valence-corrected chi connectivity index (χ4v) is 3.34. The van der Waals surface area contributed by atoms with E-state index >= 15 is 0 Å². The van der Waals surface area contributed by atoms with Gasteiger partial charge in [0.05, 0.1) is 6.42 Å². The van der Waals surface area contributed by atoms with Crippen LogP contribution in [0, 0.1) is 6.92 Å². The second-order valence-corrected chi connectivity index (χ2v) is 6.65. The molecule has 0 spiro atoms. The summed E-state index contributed by atoms with van der Waals surface area (Å²) in [5.41, 5.74) is 2.37. The van der Waals surface area contributed by atoms with Gasteiger partial charge in [0.15, 0.2) is 5.58 Å². The quantitative estimate of drug-likeness (QED) is 0.778. The largest absolute Gasteiger partial charge is 0.367 e. The average Bonchev–Trinajstić information content (AvgIpc) is 3.05. The number of carbonyl (C=O) groups excluding carboxylic acids is 1. The first-order valence-electron chi connectivity index (χ1n) is 8.85. The highest BCUT2D eigenvalue weighted by molar-refractivity contribution is 5.86. The van der Waals surface area contributed by atoms with Gasteiger partial charge in [-0.3, -0.25) is 4.79 Å². The number of amides is 1. The Morgan fingerprint density at radius 1 is 1.27 bits per heavy atom. The number of anilines is 1. The standard InChI is InChI=1S/C19H21N5O2/c1-13-10-18(21-12-20-13)22-14-6-8-24(9-7-14)19(25)11-16-15-4-2-3-5-17(15)26-23-16/h2-5,10,12,14H,6-9,11H2,1H3,(H,20,21,22). The van der Waals surface area contributed by atoms with E-state index in [-0.39, 0.29) is 12.3 Å². The maximum atomic E-state index is 12.6. The number of aryl methyl sites for hydroxylation is 1. The maximum absolute atomic E-state index is 12.6. The Labute approximate surface area is 151 Å². The topological polar surface area (TPSA) is 84.2 Å². The van der Waals surface area contributed by atoms with E-state index in [0.717, 1.165) is 48.4 Å². The number of hydrogen-bond donors (Lipinski definition) is 1. The van der Waals surface area contributed by atoms with Crippen LogP contribution in [0.5, 0.6) is 0 Å². The molecule has 1 N–H and O–H groups in total. The molecule has 26 heavy (non-hydrogen) atoms. The number of nitrogens with one attached hydrogen (secondary N) is 1. The minimum absolute atomic E-state index is 0.0976. The SMILES string of the molecule is Cc1cc(NC2CCN(C(=O)Cc3noc4ccccc34)CC2)ncn1. The molecule has 0 bridgehead atoms. The first kappa shape index (κ1) is 16.5. The molecule has 0 atom stereocenters. The molecule has 3 heterocycles. The highest BCUT2D eigenvalue weighted by Crippen LogP contribution is 2.20. The van der Waals surface area contributed by atoms with Crippen molar-refractivity contribution in [2.24, 2.45) is 0 Å². The lowest BCUT2D eigenvalue weighted by Crippen LogP contribution is -2.43. The van der Waals surface area contributed by atoms with Crippen molar-refractivity contribution in [1.29, 1.82) is 0 Å². The van der Waals surface area contributed by atoms with Crippen LogP contribution in [0.25, 0.3) is 11.0 Å². The molecule has 134 valence electrons. The molecule has 7 heteroatoms. The molecule has 2 aromatic heterocycles. The summed E-state index contributed by atoms with van der Waals surface area (Å²) in [5, 5.41) is 8.41. The molecule has 0 radical (unpaired) electrons. The van der Waals surface area contributed by atoms with Gasteiger partial charge in [0, 0.05) is 36.3 Å². The summed E-state index contributed by atoms with van der Waals surface area (Å²) in [7, 11) is 0. The fraction of sp³-hybridized carbons (Fsp3) is 0.368. The van der Waals surface area contributed by atoms with Crippen molar-refractivity contribution in [2.75, 3.05) is 18.4 Å². The Balaban J connectivity index is 1.33. The number of fused-ring (bicyclic) bond motifs is 1. The van der Waals surface area contributed by atoms with E-state index in [4.69, 9.17) is 4.52 Å². The van der Waals surface area contributed by atoms with E-state index in [0.29, 0.717) is 11.7 Å².